The van der Waals surface area contributed by atoms with Crippen LogP contribution in [-0.4, -0.2) is 36.7 Å². The normalized spacial score (nSPS) is 18.6. The molecule has 1 aromatic carbocycles. The van der Waals surface area contributed by atoms with Crippen molar-refractivity contribution in [3.63, 3.8) is 0 Å². The molecule has 1 amide bonds. The van der Waals surface area contributed by atoms with Crippen molar-refractivity contribution >= 4 is 44.8 Å². The Morgan fingerprint density at radius 2 is 2.29 bits per heavy atom. The zero-order chi connectivity index (χ0) is 15.4. The number of ether oxygens (including phenoxy) is 1. The molecular formula is C15H15BrN2O2S. The van der Waals surface area contributed by atoms with Gasteiger partial charge in [-0.3, -0.25) is 14.7 Å². The van der Waals surface area contributed by atoms with Crippen molar-refractivity contribution < 1.29 is 9.53 Å². The fourth-order valence-electron chi connectivity index (χ4n) is 1.77. The average molecular weight is 367 g/mol. The smallest absolute Gasteiger partial charge is 0.266 e. The first-order chi connectivity index (χ1) is 10.1. The van der Waals surface area contributed by atoms with E-state index in [0.29, 0.717) is 16.7 Å². The molecule has 0 N–H and O–H groups in total. The zero-order valence-electron chi connectivity index (χ0n) is 11.8. The van der Waals surface area contributed by atoms with Crippen LogP contribution < -0.4 is 4.74 Å². The number of benzene rings is 1. The number of hydrogen-bond acceptors (Lipinski definition) is 4. The van der Waals surface area contributed by atoms with Gasteiger partial charge in [0.05, 0.1) is 9.38 Å². The molecule has 1 saturated heterocycles. The molecule has 21 heavy (non-hydrogen) atoms. The average Bonchev–Trinajstić information content (AvgIpc) is 2.74. The summed E-state index contributed by atoms with van der Waals surface area (Å²) in [6.07, 6.45) is 3.54. The van der Waals surface area contributed by atoms with Crippen molar-refractivity contribution in [2.24, 2.45) is 4.99 Å². The van der Waals surface area contributed by atoms with Gasteiger partial charge in [-0.15, -0.1) is 0 Å². The van der Waals surface area contributed by atoms with Gasteiger partial charge in [0.1, 0.15) is 12.4 Å². The number of nitrogens with zero attached hydrogens (tertiary/aromatic N) is 2. The van der Waals surface area contributed by atoms with Crippen molar-refractivity contribution in [2.75, 3.05) is 20.7 Å². The van der Waals surface area contributed by atoms with Gasteiger partial charge in [0.15, 0.2) is 5.17 Å². The summed E-state index contributed by atoms with van der Waals surface area (Å²) in [4.78, 5) is 18.4. The SMILES string of the molecule is C=CCOc1ccc(/C=C2/SC(=NC)N(C)C2=O)cc1Br. The van der Waals surface area contributed by atoms with Crippen LogP contribution in [0.4, 0.5) is 0 Å². The van der Waals surface area contributed by atoms with Crippen LogP contribution in [0.3, 0.4) is 0 Å². The van der Waals surface area contributed by atoms with Crippen LogP contribution in [0.2, 0.25) is 0 Å². The van der Waals surface area contributed by atoms with E-state index in [2.05, 4.69) is 27.5 Å². The Morgan fingerprint density at radius 3 is 2.86 bits per heavy atom. The van der Waals surface area contributed by atoms with E-state index in [4.69, 9.17) is 4.74 Å². The quantitative estimate of drug-likeness (QED) is 0.604. The highest BCUT2D eigenvalue weighted by molar-refractivity contribution is 9.10. The van der Waals surface area contributed by atoms with Crippen LogP contribution in [0.25, 0.3) is 6.08 Å². The fraction of sp³-hybridized carbons (Fsp3) is 0.200. The largest absolute Gasteiger partial charge is 0.488 e. The lowest BCUT2D eigenvalue weighted by molar-refractivity contribution is -0.121. The second-order valence-corrected chi connectivity index (χ2v) is 6.13. The summed E-state index contributed by atoms with van der Waals surface area (Å²) in [5, 5.41) is 0.705. The molecule has 0 radical (unpaired) electrons. The maximum atomic E-state index is 12.1. The highest BCUT2D eigenvalue weighted by atomic mass is 79.9. The monoisotopic (exact) mass is 366 g/mol. The fourth-order valence-corrected chi connectivity index (χ4v) is 3.21. The van der Waals surface area contributed by atoms with Crippen LogP contribution in [0.1, 0.15) is 5.56 Å². The molecule has 1 heterocycles. The standard InChI is InChI=1S/C15H15BrN2O2S/c1-4-7-20-12-6-5-10(8-11(12)16)9-13-14(19)18(3)15(17-2)21-13/h4-6,8-9H,1,7H2,2-3H3/b13-9+,17-15?. The van der Waals surface area contributed by atoms with Gasteiger partial charge in [-0.2, -0.15) is 0 Å². The predicted octanol–water partition coefficient (Wildman–Crippen LogP) is 3.55. The van der Waals surface area contributed by atoms with E-state index in [0.717, 1.165) is 15.8 Å². The second kappa shape index (κ2) is 6.95. The van der Waals surface area contributed by atoms with Crippen LogP contribution in [0, 0.1) is 0 Å². The summed E-state index contributed by atoms with van der Waals surface area (Å²) in [6.45, 7) is 4.07. The van der Waals surface area contributed by atoms with E-state index >= 15 is 0 Å². The third-order valence-electron chi connectivity index (χ3n) is 2.81. The molecule has 1 aromatic rings. The molecule has 2 rings (SSSR count). The van der Waals surface area contributed by atoms with E-state index in [9.17, 15) is 4.79 Å². The highest BCUT2D eigenvalue weighted by Crippen LogP contribution is 2.33. The number of likely N-dealkylation sites (N-methyl/N-ethyl adjacent to an activating group) is 1. The number of carbonyl (C=O) groups excluding carboxylic acids is 1. The molecule has 0 atom stereocenters. The van der Waals surface area contributed by atoms with Gasteiger partial charge in [0.2, 0.25) is 0 Å². The van der Waals surface area contributed by atoms with Crippen LogP contribution in [0.15, 0.2) is 45.2 Å². The first-order valence-corrected chi connectivity index (χ1v) is 7.85. The molecule has 0 unspecified atom stereocenters. The summed E-state index contributed by atoms with van der Waals surface area (Å²) in [5.41, 5.74) is 0.925. The Morgan fingerprint density at radius 1 is 1.52 bits per heavy atom. The van der Waals surface area contributed by atoms with E-state index in [1.54, 1.807) is 25.1 Å². The number of aliphatic imine (C=N–C) groups is 1. The summed E-state index contributed by atoms with van der Waals surface area (Å²) >= 11 is 4.84. The number of thioether (sulfide) groups is 1. The molecule has 0 aromatic heterocycles. The van der Waals surface area contributed by atoms with Gasteiger partial charge in [0.25, 0.3) is 5.91 Å². The highest BCUT2D eigenvalue weighted by Gasteiger charge is 2.29. The number of rotatable bonds is 4. The van der Waals surface area contributed by atoms with Gasteiger partial charge < -0.3 is 4.74 Å². The third-order valence-corrected chi connectivity index (χ3v) is 4.58. The summed E-state index contributed by atoms with van der Waals surface area (Å²) < 4.78 is 6.34. The Bertz CT molecular complexity index is 641. The molecule has 110 valence electrons. The predicted molar refractivity (Wildman–Crippen MR) is 91.5 cm³/mol. The molecule has 4 nitrogen and oxygen atoms in total. The van der Waals surface area contributed by atoms with E-state index in [1.165, 1.54) is 11.8 Å². The molecule has 0 bridgehead atoms. The van der Waals surface area contributed by atoms with Gasteiger partial charge >= 0.3 is 0 Å². The molecule has 1 aliphatic heterocycles. The lowest BCUT2D eigenvalue weighted by Crippen LogP contribution is -2.23. The molecule has 1 fully saturated rings. The Kier molecular flexibility index (Phi) is 5.25. The maximum Gasteiger partial charge on any atom is 0.266 e. The van der Waals surface area contributed by atoms with Crippen molar-refractivity contribution in [3.8, 4) is 5.75 Å². The van der Waals surface area contributed by atoms with Crippen molar-refractivity contribution in [1.82, 2.24) is 4.90 Å². The van der Waals surface area contributed by atoms with Crippen molar-refractivity contribution in [2.45, 2.75) is 0 Å². The van der Waals surface area contributed by atoms with Crippen LogP contribution in [0.5, 0.6) is 5.75 Å². The molecule has 6 heteroatoms. The van der Waals surface area contributed by atoms with E-state index in [-0.39, 0.29) is 5.91 Å². The number of hydrogen-bond donors (Lipinski definition) is 0. The van der Waals surface area contributed by atoms with Gasteiger partial charge in [-0.1, -0.05) is 18.7 Å². The minimum Gasteiger partial charge on any atom is -0.488 e. The van der Waals surface area contributed by atoms with E-state index in [1.807, 2.05) is 24.3 Å². The summed E-state index contributed by atoms with van der Waals surface area (Å²) in [6, 6.07) is 5.69. The number of amidine groups is 1. The minimum atomic E-state index is -0.0382. The lowest BCUT2D eigenvalue weighted by atomic mass is 10.2. The van der Waals surface area contributed by atoms with Crippen molar-refractivity contribution in [1.29, 1.82) is 0 Å². The molecule has 0 saturated carbocycles. The maximum absolute atomic E-state index is 12.1. The minimum absolute atomic E-state index is 0.0382. The zero-order valence-corrected chi connectivity index (χ0v) is 14.2. The number of carbonyl (C=O) groups is 1. The summed E-state index contributed by atoms with van der Waals surface area (Å²) in [5.74, 6) is 0.707. The molecule has 0 spiro atoms. The third kappa shape index (κ3) is 3.57. The Labute approximate surface area is 136 Å². The topological polar surface area (TPSA) is 41.9 Å². The van der Waals surface area contributed by atoms with Crippen molar-refractivity contribution in [3.05, 3.63) is 45.8 Å². The lowest BCUT2D eigenvalue weighted by Gasteiger charge is -2.07. The first kappa shape index (κ1) is 15.9. The molecular weight excluding hydrogens is 352 g/mol. The van der Waals surface area contributed by atoms with Gasteiger partial charge in [0, 0.05) is 14.1 Å². The van der Waals surface area contributed by atoms with Crippen LogP contribution in [-0.2, 0) is 4.79 Å². The molecule has 1 aliphatic rings. The van der Waals surface area contributed by atoms with Gasteiger partial charge in [-0.25, -0.2) is 0 Å². The molecule has 0 aliphatic carbocycles. The number of halogens is 1. The Hall–Kier alpha value is -1.53. The van der Waals surface area contributed by atoms with E-state index < -0.39 is 0 Å². The van der Waals surface area contributed by atoms with Gasteiger partial charge in [-0.05, 0) is 51.5 Å². The Balaban J connectivity index is 2.24. The summed E-state index contributed by atoms with van der Waals surface area (Å²) in [7, 11) is 3.40. The second-order valence-electron chi connectivity index (χ2n) is 4.27. The van der Waals surface area contributed by atoms with Crippen LogP contribution >= 0.6 is 27.7 Å². The number of amides is 1. The first-order valence-electron chi connectivity index (χ1n) is 6.24.